The van der Waals surface area contributed by atoms with Crippen molar-refractivity contribution >= 4 is 17.0 Å². The van der Waals surface area contributed by atoms with Gasteiger partial charge in [0.1, 0.15) is 29.3 Å². The van der Waals surface area contributed by atoms with Gasteiger partial charge in [-0.15, -0.1) is 0 Å². The third-order valence-electron chi connectivity index (χ3n) is 2.33. The quantitative estimate of drug-likeness (QED) is 0.601. The first kappa shape index (κ1) is 9.29. The fourth-order valence-electron chi connectivity index (χ4n) is 1.53. The molecule has 3 N–H and O–H groups in total. The molecule has 0 radical (unpaired) electrons. The molecule has 0 bridgehead atoms. The minimum Gasteiger partial charge on any atom is -0.382 e. The van der Waals surface area contributed by atoms with Crippen molar-refractivity contribution in [1.29, 1.82) is 5.26 Å². The lowest BCUT2D eigenvalue weighted by atomic mass is 10.4. The highest BCUT2D eigenvalue weighted by Gasteiger charge is 2.13. The Morgan fingerprint density at radius 2 is 2.24 bits per heavy atom. The summed E-state index contributed by atoms with van der Waals surface area (Å²) in [5.41, 5.74) is 7.23. The Kier molecular flexibility index (Phi) is 1.79. The van der Waals surface area contributed by atoms with Crippen LogP contribution in [0.25, 0.3) is 17.0 Å². The molecule has 3 heterocycles. The molecule has 0 amide bonds. The summed E-state index contributed by atoms with van der Waals surface area (Å²) < 4.78 is 1.38. The lowest BCUT2D eigenvalue weighted by molar-refractivity contribution is 0.858. The van der Waals surface area contributed by atoms with E-state index in [0.29, 0.717) is 22.5 Å². The van der Waals surface area contributed by atoms with E-state index in [-0.39, 0.29) is 5.82 Å². The van der Waals surface area contributed by atoms with Gasteiger partial charge < -0.3 is 10.7 Å². The van der Waals surface area contributed by atoms with Crippen molar-refractivity contribution in [1.82, 2.24) is 29.7 Å². The molecular formula is C9H6N8. The standard InChI is InChI=1S/C9H6N8/c10-1-5-2-16-17(7(5)11)9-6-8(13-3-12-6)14-4-15-9/h2-4H,11H2,(H,12,13,14,15). The molecule has 0 aliphatic rings. The Balaban J connectivity index is 2.31. The van der Waals surface area contributed by atoms with E-state index in [2.05, 4.69) is 25.0 Å². The van der Waals surface area contributed by atoms with E-state index >= 15 is 0 Å². The van der Waals surface area contributed by atoms with Gasteiger partial charge in [0.2, 0.25) is 0 Å². The largest absolute Gasteiger partial charge is 0.382 e. The summed E-state index contributed by atoms with van der Waals surface area (Å²) in [5.74, 6) is 0.702. The van der Waals surface area contributed by atoms with E-state index in [4.69, 9.17) is 11.0 Å². The topological polar surface area (TPSA) is 122 Å². The number of hydrogen-bond donors (Lipinski definition) is 2. The number of nitrogens with one attached hydrogen (secondary N) is 1. The van der Waals surface area contributed by atoms with Crippen molar-refractivity contribution in [2.45, 2.75) is 0 Å². The first-order valence-corrected chi connectivity index (χ1v) is 4.69. The van der Waals surface area contributed by atoms with E-state index in [1.165, 1.54) is 23.5 Å². The predicted octanol–water partition coefficient (Wildman–Crippen LogP) is -0.00752. The van der Waals surface area contributed by atoms with Gasteiger partial charge in [0, 0.05) is 0 Å². The second kappa shape index (κ2) is 3.28. The van der Waals surface area contributed by atoms with Crippen LogP contribution in [0.2, 0.25) is 0 Å². The molecule has 0 aliphatic carbocycles. The number of aromatic nitrogens is 6. The number of aromatic amines is 1. The molecule has 82 valence electrons. The molecule has 3 aromatic heterocycles. The van der Waals surface area contributed by atoms with E-state index in [1.54, 1.807) is 0 Å². The molecule has 0 unspecified atom stereocenters. The predicted molar refractivity (Wildman–Crippen MR) is 57.9 cm³/mol. The maximum Gasteiger partial charge on any atom is 0.184 e. The van der Waals surface area contributed by atoms with Crippen LogP contribution in [0, 0.1) is 11.3 Å². The molecule has 0 fully saturated rings. The van der Waals surface area contributed by atoms with Crippen LogP contribution in [0.4, 0.5) is 5.82 Å². The van der Waals surface area contributed by atoms with E-state index in [1.807, 2.05) is 6.07 Å². The Labute approximate surface area is 94.7 Å². The number of nitriles is 1. The second-order valence-electron chi connectivity index (χ2n) is 3.27. The van der Waals surface area contributed by atoms with Gasteiger partial charge in [-0.25, -0.2) is 15.0 Å². The Hall–Kier alpha value is -2.95. The number of anilines is 1. The van der Waals surface area contributed by atoms with E-state index < -0.39 is 0 Å². The van der Waals surface area contributed by atoms with Crippen LogP contribution in [0.1, 0.15) is 5.56 Å². The molecule has 3 rings (SSSR count). The highest BCUT2D eigenvalue weighted by atomic mass is 15.3. The lowest BCUT2D eigenvalue weighted by Gasteiger charge is -2.02. The van der Waals surface area contributed by atoms with Gasteiger partial charge in [-0.1, -0.05) is 0 Å². The molecule has 0 saturated heterocycles. The zero-order valence-corrected chi connectivity index (χ0v) is 8.49. The third kappa shape index (κ3) is 1.23. The number of nitrogen functional groups attached to an aromatic ring is 1. The molecule has 0 spiro atoms. The summed E-state index contributed by atoms with van der Waals surface area (Å²) in [7, 11) is 0. The minimum atomic E-state index is 0.238. The highest BCUT2D eigenvalue weighted by molar-refractivity contribution is 5.78. The van der Waals surface area contributed by atoms with Crippen LogP contribution in [0.5, 0.6) is 0 Å². The first-order valence-electron chi connectivity index (χ1n) is 4.69. The van der Waals surface area contributed by atoms with E-state index in [0.717, 1.165) is 0 Å². The molecule has 0 aromatic carbocycles. The molecule has 0 aliphatic heterocycles. The zero-order valence-electron chi connectivity index (χ0n) is 8.49. The van der Waals surface area contributed by atoms with Crippen molar-refractivity contribution < 1.29 is 0 Å². The molecule has 0 atom stereocenters. The monoisotopic (exact) mass is 226 g/mol. The number of hydrogen-bond acceptors (Lipinski definition) is 6. The second-order valence-corrected chi connectivity index (χ2v) is 3.27. The van der Waals surface area contributed by atoms with Gasteiger partial charge in [-0.2, -0.15) is 15.0 Å². The summed E-state index contributed by atoms with van der Waals surface area (Å²) in [6, 6.07) is 1.95. The fraction of sp³-hybridized carbons (Fsp3) is 0. The Morgan fingerprint density at radius 3 is 3.00 bits per heavy atom. The Bertz CT molecular complexity index is 731. The zero-order chi connectivity index (χ0) is 11.8. The number of imidazole rings is 1. The molecule has 8 nitrogen and oxygen atoms in total. The maximum absolute atomic E-state index is 8.82. The minimum absolute atomic E-state index is 0.238. The smallest absolute Gasteiger partial charge is 0.184 e. The Morgan fingerprint density at radius 1 is 1.35 bits per heavy atom. The summed E-state index contributed by atoms with van der Waals surface area (Å²) in [6.07, 6.45) is 4.26. The van der Waals surface area contributed by atoms with Crippen molar-refractivity contribution in [2.75, 3.05) is 5.73 Å². The number of nitrogens with zero attached hydrogens (tertiary/aromatic N) is 6. The number of rotatable bonds is 1. The van der Waals surface area contributed by atoms with Gasteiger partial charge in [0.05, 0.1) is 12.5 Å². The molecule has 8 heteroatoms. The molecular weight excluding hydrogens is 220 g/mol. The van der Waals surface area contributed by atoms with Crippen LogP contribution < -0.4 is 5.73 Å². The van der Waals surface area contributed by atoms with Crippen LogP contribution in [0.15, 0.2) is 18.9 Å². The number of nitrogens with two attached hydrogens (primary N) is 1. The molecule has 3 aromatic rings. The van der Waals surface area contributed by atoms with Gasteiger partial charge in [-0.3, -0.25) is 0 Å². The summed E-state index contributed by atoms with van der Waals surface area (Å²) in [6.45, 7) is 0. The maximum atomic E-state index is 8.82. The van der Waals surface area contributed by atoms with Crippen molar-refractivity contribution in [3.63, 3.8) is 0 Å². The van der Waals surface area contributed by atoms with Crippen LogP contribution in [0.3, 0.4) is 0 Å². The highest BCUT2D eigenvalue weighted by Crippen LogP contribution is 2.18. The number of H-pyrrole nitrogens is 1. The van der Waals surface area contributed by atoms with Gasteiger partial charge in [0.25, 0.3) is 0 Å². The van der Waals surface area contributed by atoms with Crippen LogP contribution in [-0.4, -0.2) is 29.7 Å². The average molecular weight is 226 g/mol. The van der Waals surface area contributed by atoms with Crippen molar-refractivity contribution in [3.8, 4) is 11.9 Å². The lowest BCUT2D eigenvalue weighted by Crippen LogP contribution is -2.05. The fourth-order valence-corrected chi connectivity index (χ4v) is 1.53. The van der Waals surface area contributed by atoms with Crippen LogP contribution >= 0.6 is 0 Å². The van der Waals surface area contributed by atoms with Crippen molar-refractivity contribution in [2.24, 2.45) is 0 Å². The molecule has 0 saturated carbocycles. The van der Waals surface area contributed by atoms with Gasteiger partial charge in [0.15, 0.2) is 11.5 Å². The normalized spacial score (nSPS) is 10.5. The van der Waals surface area contributed by atoms with Crippen molar-refractivity contribution in [3.05, 3.63) is 24.4 Å². The van der Waals surface area contributed by atoms with Gasteiger partial charge in [-0.05, 0) is 0 Å². The first-order chi connectivity index (χ1) is 8.31. The van der Waals surface area contributed by atoms with E-state index in [9.17, 15) is 0 Å². The third-order valence-corrected chi connectivity index (χ3v) is 2.33. The summed E-state index contributed by atoms with van der Waals surface area (Å²) in [5, 5.41) is 12.8. The van der Waals surface area contributed by atoms with Gasteiger partial charge >= 0.3 is 0 Å². The van der Waals surface area contributed by atoms with Crippen LogP contribution in [-0.2, 0) is 0 Å². The summed E-state index contributed by atoms with van der Waals surface area (Å²) in [4.78, 5) is 15.0. The SMILES string of the molecule is N#Cc1cnn(-c2ncnc3nc[nH]c23)c1N. The average Bonchev–Trinajstić information content (AvgIpc) is 2.94. The molecule has 17 heavy (non-hydrogen) atoms. The summed E-state index contributed by atoms with van der Waals surface area (Å²) >= 11 is 0. The number of fused-ring (bicyclic) bond motifs is 1.